The summed E-state index contributed by atoms with van der Waals surface area (Å²) in [4.78, 5) is 1.39. The van der Waals surface area contributed by atoms with Crippen LogP contribution in [0, 0.1) is 0 Å². The Morgan fingerprint density at radius 2 is 2.28 bits per heavy atom. The van der Waals surface area contributed by atoms with E-state index in [4.69, 9.17) is 4.74 Å². The van der Waals surface area contributed by atoms with Gasteiger partial charge in [-0.25, -0.2) is 0 Å². The first-order valence-electron chi connectivity index (χ1n) is 6.25. The molecule has 0 spiro atoms. The summed E-state index contributed by atoms with van der Waals surface area (Å²) in [6, 6.07) is 11.2. The van der Waals surface area contributed by atoms with Gasteiger partial charge in [-0.3, -0.25) is 0 Å². The highest BCUT2D eigenvalue weighted by atomic mass is 32.1. The zero-order chi connectivity index (χ0) is 12.8. The van der Waals surface area contributed by atoms with Crippen LogP contribution in [0.4, 0.5) is 0 Å². The number of hydrogen-bond donors (Lipinski definition) is 1. The van der Waals surface area contributed by atoms with Crippen LogP contribution in [0.3, 0.4) is 0 Å². The summed E-state index contributed by atoms with van der Waals surface area (Å²) in [5, 5.41) is 4.85. The fraction of sp³-hybridized carbons (Fsp3) is 0.333. The number of ether oxygens (including phenoxy) is 1. The molecule has 0 saturated heterocycles. The summed E-state index contributed by atoms with van der Waals surface area (Å²) in [6.07, 6.45) is 2.50. The van der Waals surface area contributed by atoms with Gasteiger partial charge >= 0.3 is 0 Å². The maximum atomic E-state index is 5.10. The topological polar surface area (TPSA) is 21.3 Å². The van der Waals surface area contributed by atoms with Gasteiger partial charge in [-0.15, -0.1) is 11.3 Å². The van der Waals surface area contributed by atoms with E-state index in [9.17, 15) is 0 Å². The monoisotopic (exact) mass is 261 g/mol. The van der Waals surface area contributed by atoms with E-state index in [1.54, 1.807) is 0 Å². The Hall–Kier alpha value is -1.32. The van der Waals surface area contributed by atoms with Crippen LogP contribution in [-0.2, 0) is 4.74 Å². The maximum Gasteiger partial charge on any atom is 0.0885 e. The van der Waals surface area contributed by atoms with Gasteiger partial charge in [0.05, 0.1) is 12.9 Å². The van der Waals surface area contributed by atoms with Crippen molar-refractivity contribution < 1.29 is 4.74 Å². The van der Waals surface area contributed by atoms with Crippen molar-refractivity contribution in [2.75, 3.05) is 13.2 Å². The van der Waals surface area contributed by atoms with E-state index in [1.807, 2.05) is 11.3 Å². The highest BCUT2D eigenvalue weighted by Crippen LogP contribution is 2.29. The molecule has 96 valence electrons. The van der Waals surface area contributed by atoms with E-state index in [1.165, 1.54) is 21.2 Å². The number of nitrogens with one attached hydrogen (secondary N) is 1. The summed E-state index contributed by atoms with van der Waals surface area (Å²) in [5.41, 5.74) is 0. The molecule has 0 saturated carbocycles. The van der Waals surface area contributed by atoms with Gasteiger partial charge in [0, 0.05) is 15.6 Å². The lowest BCUT2D eigenvalue weighted by molar-refractivity contribution is 0.243. The minimum absolute atomic E-state index is 0.395. The van der Waals surface area contributed by atoms with E-state index in [-0.39, 0.29) is 0 Å². The van der Waals surface area contributed by atoms with E-state index in [0.29, 0.717) is 6.04 Å². The second-order valence-corrected chi connectivity index (χ2v) is 5.37. The van der Waals surface area contributed by atoms with Gasteiger partial charge in [0.15, 0.2) is 0 Å². The summed E-state index contributed by atoms with van der Waals surface area (Å²) >= 11 is 1.86. The van der Waals surface area contributed by atoms with E-state index < -0.39 is 0 Å². The molecular weight excluding hydrogens is 242 g/mol. The summed E-state index contributed by atoms with van der Waals surface area (Å²) in [5.74, 6) is 0. The smallest absolute Gasteiger partial charge is 0.0885 e. The molecule has 1 aromatic carbocycles. The van der Waals surface area contributed by atoms with Gasteiger partial charge < -0.3 is 10.1 Å². The highest BCUT2D eigenvalue weighted by Gasteiger charge is 2.08. The minimum atomic E-state index is 0.395. The molecule has 1 aromatic heterocycles. The van der Waals surface area contributed by atoms with E-state index >= 15 is 0 Å². The largest absolute Gasteiger partial charge is 0.502 e. The first-order valence-corrected chi connectivity index (χ1v) is 7.07. The van der Waals surface area contributed by atoms with Crippen LogP contribution in [0.2, 0.25) is 0 Å². The van der Waals surface area contributed by atoms with Crippen molar-refractivity contribution in [1.29, 1.82) is 0 Å². The minimum Gasteiger partial charge on any atom is -0.502 e. The average Bonchev–Trinajstić information content (AvgIpc) is 2.82. The molecule has 1 N–H and O–H groups in total. The Labute approximate surface area is 112 Å². The molecular formula is C15H19NOS. The first-order chi connectivity index (χ1) is 8.81. The molecule has 3 heteroatoms. The van der Waals surface area contributed by atoms with Crippen LogP contribution < -0.4 is 5.32 Å². The van der Waals surface area contributed by atoms with Crippen molar-refractivity contribution >= 4 is 21.4 Å². The Balaban J connectivity index is 1.88. The van der Waals surface area contributed by atoms with Crippen LogP contribution in [0.15, 0.2) is 43.2 Å². The maximum absolute atomic E-state index is 5.10. The SMILES string of the molecule is C=COCCCNC(C)c1cc2ccccc2s1. The molecule has 0 aliphatic carbocycles. The van der Waals surface area contributed by atoms with Crippen molar-refractivity contribution in [2.45, 2.75) is 19.4 Å². The lowest BCUT2D eigenvalue weighted by atomic mass is 10.2. The predicted octanol–water partition coefficient (Wildman–Crippen LogP) is 4.10. The molecule has 1 heterocycles. The molecule has 1 unspecified atom stereocenters. The number of benzene rings is 1. The molecule has 0 aliphatic heterocycles. The van der Waals surface area contributed by atoms with Gasteiger partial charge in [-0.2, -0.15) is 0 Å². The van der Waals surface area contributed by atoms with Gasteiger partial charge in [-0.1, -0.05) is 24.8 Å². The van der Waals surface area contributed by atoms with Crippen LogP contribution in [-0.4, -0.2) is 13.2 Å². The third-order valence-corrected chi connectivity index (χ3v) is 4.18. The van der Waals surface area contributed by atoms with Crippen LogP contribution in [0.1, 0.15) is 24.3 Å². The number of thiophene rings is 1. The molecule has 0 bridgehead atoms. The summed E-state index contributed by atoms with van der Waals surface area (Å²) < 4.78 is 6.45. The van der Waals surface area contributed by atoms with Gasteiger partial charge in [0.2, 0.25) is 0 Å². The van der Waals surface area contributed by atoms with Crippen molar-refractivity contribution in [1.82, 2.24) is 5.32 Å². The van der Waals surface area contributed by atoms with Gasteiger partial charge in [0.1, 0.15) is 0 Å². The number of fused-ring (bicyclic) bond motifs is 1. The van der Waals surface area contributed by atoms with Crippen molar-refractivity contribution in [3.05, 3.63) is 48.0 Å². The molecule has 0 fully saturated rings. The van der Waals surface area contributed by atoms with Gasteiger partial charge in [-0.05, 0) is 37.4 Å². The Morgan fingerprint density at radius 3 is 3.06 bits per heavy atom. The summed E-state index contributed by atoms with van der Waals surface area (Å²) in [6.45, 7) is 7.43. The molecule has 0 aliphatic rings. The number of hydrogen-bond acceptors (Lipinski definition) is 3. The molecule has 1 atom stereocenters. The zero-order valence-corrected chi connectivity index (χ0v) is 11.5. The van der Waals surface area contributed by atoms with Crippen molar-refractivity contribution in [3.63, 3.8) is 0 Å². The lowest BCUT2D eigenvalue weighted by Gasteiger charge is -2.11. The number of rotatable bonds is 7. The van der Waals surface area contributed by atoms with E-state index in [0.717, 1.165) is 19.6 Å². The molecule has 2 nitrogen and oxygen atoms in total. The molecule has 0 amide bonds. The van der Waals surface area contributed by atoms with Crippen LogP contribution in [0.25, 0.3) is 10.1 Å². The quantitative estimate of drug-likeness (QED) is 0.598. The molecule has 0 radical (unpaired) electrons. The predicted molar refractivity (Wildman–Crippen MR) is 79.0 cm³/mol. The second-order valence-electron chi connectivity index (χ2n) is 4.25. The third-order valence-electron chi connectivity index (χ3n) is 2.88. The second kappa shape index (κ2) is 6.57. The highest BCUT2D eigenvalue weighted by molar-refractivity contribution is 7.19. The lowest BCUT2D eigenvalue weighted by Crippen LogP contribution is -2.19. The molecule has 2 rings (SSSR count). The normalized spacial score (nSPS) is 12.5. The van der Waals surface area contributed by atoms with Crippen molar-refractivity contribution in [3.8, 4) is 0 Å². The fourth-order valence-corrected chi connectivity index (χ4v) is 2.97. The van der Waals surface area contributed by atoms with Crippen molar-refractivity contribution in [2.24, 2.45) is 0 Å². The third kappa shape index (κ3) is 3.34. The average molecular weight is 261 g/mol. The zero-order valence-electron chi connectivity index (χ0n) is 10.7. The van der Waals surface area contributed by atoms with E-state index in [2.05, 4.69) is 49.2 Å². The first kappa shape index (κ1) is 13.1. The van der Waals surface area contributed by atoms with Gasteiger partial charge in [0.25, 0.3) is 0 Å². The Kier molecular flexibility index (Phi) is 4.79. The van der Waals surface area contributed by atoms with Crippen LogP contribution in [0.5, 0.6) is 0 Å². The Bertz CT molecular complexity index is 473. The standard InChI is InChI=1S/C15H19NOS/c1-3-17-10-6-9-16-12(2)15-11-13-7-4-5-8-14(13)18-15/h3-5,7-8,11-12,16H,1,6,9-10H2,2H3. The Morgan fingerprint density at radius 1 is 1.44 bits per heavy atom. The van der Waals surface area contributed by atoms with Crippen LogP contribution >= 0.6 is 11.3 Å². The fourth-order valence-electron chi connectivity index (χ4n) is 1.87. The molecule has 18 heavy (non-hydrogen) atoms. The molecule has 2 aromatic rings. The summed E-state index contributed by atoms with van der Waals surface area (Å²) in [7, 11) is 0.